The Morgan fingerprint density at radius 1 is 1.05 bits per heavy atom. The predicted molar refractivity (Wildman–Crippen MR) is 84.0 cm³/mol. The summed E-state index contributed by atoms with van der Waals surface area (Å²) in [5, 5.41) is 9.16. The van der Waals surface area contributed by atoms with Crippen molar-refractivity contribution >= 4 is 5.97 Å². The topological polar surface area (TPSA) is 55.8 Å². The third kappa shape index (κ3) is 4.60. The van der Waals surface area contributed by atoms with E-state index in [-0.39, 0.29) is 12.6 Å². The summed E-state index contributed by atoms with van der Waals surface area (Å²) in [6, 6.07) is 16.8. The maximum Gasteiger partial charge on any atom is 0.313 e. The van der Waals surface area contributed by atoms with Gasteiger partial charge in [0.2, 0.25) is 0 Å². The van der Waals surface area contributed by atoms with Crippen molar-refractivity contribution in [3.63, 3.8) is 0 Å². The highest BCUT2D eigenvalue weighted by Gasteiger charge is 2.18. The molecule has 2 atom stereocenters. The zero-order valence-electron chi connectivity index (χ0n) is 12.7. The number of rotatable bonds is 6. The van der Waals surface area contributed by atoms with Crippen LogP contribution in [0.15, 0.2) is 54.6 Å². The monoisotopic (exact) mass is 300 g/mol. The Morgan fingerprint density at radius 2 is 1.73 bits per heavy atom. The van der Waals surface area contributed by atoms with Gasteiger partial charge in [0.25, 0.3) is 0 Å². The van der Waals surface area contributed by atoms with E-state index in [1.807, 2.05) is 54.6 Å². The lowest BCUT2D eigenvalue weighted by Gasteiger charge is -2.14. The zero-order chi connectivity index (χ0) is 15.9. The van der Waals surface area contributed by atoms with Crippen molar-refractivity contribution in [2.45, 2.75) is 25.9 Å². The van der Waals surface area contributed by atoms with Crippen LogP contribution in [0.2, 0.25) is 0 Å². The van der Waals surface area contributed by atoms with Gasteiger partial charge < -0.3 is 14.6 Å². The van der Waals surface area contributed by atoms with E-state index in [2.05, 4.69) is 0 Å². The number of benzene rings is 2. The third-order valence-electron chi connectivity index (χ3n) is 3.16. The molecule has 0 spiro atoms. The zero-order valence-corrected chi connectivity index (χ0v) is 12.7. The molecule has 4 nitrogen and oxygen atoms in total. The fourth-order valence-electron chi connectivity index (χ4n) is 1.94. The summed E-state index contributed by atoms with van der Waals surface area (Å²) in [5.41, 5.74) is 0.809. The maximum atomic E-state index is 11.9. The minimum absolute atomic E-state index is 0.00335. The summed E-state index contributed by atoms with van der Waals surface area (Å²) < 4.78 is 10.8. The van der Waals surface area contributed by atoms with Crippen molar-refractivity contribution in [3.8, 4) is 11.5 Å². The summed E-state index contributed by atoms with van der Waals surface area (Å²) in [6.07, 6.45) is -0.663. The summed E-state index contributed by atoms with van der Waals surface area (Å²) >= 11 is 0. The van der Waals surface area contributed by atoms with Gasteiger partial charge in [0, 0.05) is 0 Å². The first-order valence-corrected chi connectivity index (χ1v) is 7.24. The van der Waals surface area contributed by atoms with Crippen LogP contribution in [0.1, 0.15) is 25.3 Å². The molecule has 0 aliphatic rings. The standard InChI is InChI=1S/C18H20O4/c1-13(19)12-21-18(20)14(2)15-7-6-10-17(11-15)22-16-8-4-3-5-9-16/h3-11,13-14,19H,12H2,1-2H3. The lowest BCUT2D eigenvalue weighted by atomic mass is 10.0. The van der Waals surface area contributed by atoms with Gasteiger partial charge >= 0.3 is 5.97 Å². The molecule has 22 heavy (non-hydrogen) atoms. The molecule has 0 heterocycles. The fraction of sp³-hybridized carbons (Fsp3) is 0.278. The Balaban J connectivity index is 2.06. The van der Waals surface area contributed by atoms with E-state index in [1.165, 1.54) is 0 Å². The number of aliphatic hydroxyl groups is 1. The number of ether oxygens (including phenoxy) is 2. The minimum Gasteiger partial charge on any atom is -0.462 e. The molecule has 0 fully saturated rings. The van der Waals surface area contributed by atoms with Crippen molar-refractivity contribution in [3.05, 3.63) is 60.2 Å². The van der Waals surface area contributed by atoms with Gasteiger partial charge in [-0.3, -0.25) is 4.79 Å². The smallest absolute Gasteiger partial charge is 0.313 e. The van der Waals surface area contributed by atoms with Crippen LogP contribution in [-0.2, 0) is 9.53 Å². The molecule has 116 valence electrons. The Bertz CT molecular complexity index is 607. The van der Waals surface area contributed by atoms with Gasteiger partial charge in [-0.25, -0.2) is 0 Å². The second kappa shape index (κ2) is 7.61. The van der Waals surface area contributed by atoms with Crippen molar-refractivity contribution in [1.29, 1.82) is 0 Å². The molecule has 0 saturated heterocycles. The second-order valence-corrected chi connectivity index (χ2v) is 5.19. The van der Waals surface area contributed by atoms with E-state index in [4.69, 9.17) is 14.6 Å². The van der Waals surface area contributed by atoms with Crippen LogP contribution in [-0.4, -0.2) is 23.8 Å². The number of para-hydroxylation sites is 1. The molecule has 2 unspecified atom stereocenters. The molecule has 0 aliphatic heterocycles. The second-order valence-electron chi connectivity index (χ2n) is 5.19. The Morgan fingerprint density at radius 3 is 2.41 bits per heavy atom. The predicted octanol–water partition coefficient (Wildman–Crippen LogP) is 3.51. The molecule has 0 aromatic heterocycles. The lowest BCUT2D eigenvalue weighted by Crippen LogP contribution is -2.19. The van der Waals surface area contributed by atoms with Crippen molar-refractivity contribution in [1.82, 2.24) is 0 Å². The summed E-state index contributed by atoms with van der Waals surface area (Å²) in [7, 11) is 0. The van der Waals surface area contributed by atoms with Gasteiger partial charge in [-0.05, 0) is 43.7 Å². The van der Waals surface area contributed by atoms with Crippen molar-refractivity contribution in [2.75, 3.05) is 6.61 Å². The molecule has 0 amide bonds. The van der Waals surface area contributed by atoms with Crippen molar-refractivity contribution in [2.24, 2.45) is 0 Å². The highest BCUT2D eigenvalue weighted by molar-refractivity contribution is 5.77. The third-order valence-corrected chi connectivity index (χ3v) is 3.16. The largest absolute Gasteiger partial charge is 0.462 e. The molecule has 0 aliphatic carbocycles. The lowest BCUT2D eigenvalue weighted by molar-refractivity contribution is -0.147. The SMILES string of the molecule is CC(O)COC(=O)C(C)c1cccc(Oc2ccccc2)c1. The van der Waals surface area contributed by atoms with Crippen LogP contribution >= 0.6 is 0 Å². The molecule has 1 N–H and O–H groups in total. The Labute approximate surface area is 130 Å². The molecule has 0 bridgehead atoms. The molecular weight excluding hydrogens is 280 g/mol. The molecule has 2 aromatic rings. The van der Waals surface area contributed by atoms with Gasteiger partial charge in [-0.2, -0.15) is 0 Å². The summed E-state index contributed by atoms with van der Waals surface area (Å²) in [6.45, 7) is 3.35. The van der Waals surface area contributed by atoms with Crippen LogP contribution in [0.3, 0.4) is 0 Å². The van der Waals surface area contributed by atoms with E-state index < -0.39 is 12.0 Å². The Kier molecular flexibility index (Phi) is 5.55. The molecule has 0 radical (unpaired) electrons. The van der Waals surface area contributed by atoms with Crippen molar-refractivity contribution < 1.29 is 19.4 Å². The van der Waals surface area contributed by atoms with E-state index in [0.29, 0.717) is 5.75 Å². The quantitative estimate of drug-likeness (QED) is 0.829. The van der Waals surface area contributed by atoms with Crippen LogP contribution in [0.4, 0.5) is 0 Å². The first-order valence-electron chi connectivity index (χ1n) is 7.24. The van der Waals surface area contributed by atoms with Gasteiger partial charge in [-0.15, -0.1) is 0 Å². The molecular formula is C18H20O4. The van der Waals surface area contributed by atoms with Gasteiger partial charge in [0.15, 0.2) is 0 Å². The normalized spacial score (nSPS) is 13.2. The number of aliphatic hydroxyl groups excluding tert-OH is 1. The highest BCUT2D eigenvalue weighted by Crippen LogP contribution is 2.25. The number of hydrogen-bond acceptors (Lipinski definition) is 4. The molecule has 2 aromatic carbocycles. The molecule has 2 rings (SSSR count). The van der Waals surface area contributed by atoms with Crippen LogP contribution in [0, 0.1) is 0 Å². The van der Waals surface area contributed by atoms with Gasteiger partial charge in [-0.1, -0.05) is 30.3 Å². The van der Waals surface area contributed by atoms with Crippen LogP contribution < -0.4 is 4.74 Å². The van der Waals surface area contributed by atoms with Gasteiger partial charge in [0.05, 0.1) is 12.0 Å². The van der Waals surface area contributed by atoms with E-state index >= 15 is 0 Å². The minimum atomic E-state index is -0.663. The summed E-state index contributed by atoms with van der Waals surface area (Å²) in [4.78, 5) is 11.9. The van der Waals surface area contributed by atoms with Crippen LogP contribution in [0.25, 0.3) is 0 Å². The Hall–Kier alpha value is -2.33. The molecule has 0 saturated carbocycles. The van der Waals surface area contributed by atoms with Gasteiger partial charge in [0.1, 0.15) is 18.1 Å². The summed E-state index contributed by atoms with van der Waals surface area (Å²) in [5.74, 6) is 0.624. The van der Waals surface area contributed by atoms with Crippen LogP contribution in [0.5, 0.6) is 11.5 Å². The first-order chi connectivity index (χ1) is 10.6. The van der Waals surface area contributed by atoms with E-state index in [9.17, 15) is 4.79 Å². The maximum absolute atomic E-state index is 11.9. The number of carbonyl (C=O) groups is 1. The molecule has 4 heteroatoms. The number of carbonyl (C=O) groups excluding carboxylic acids is 1. The average molecular weight is 300 g/mol. The fourth-order valence-corrected chi connectivity index (χ4v) is 1.94. The highest BCUT2D eigenvalue weighted by atomic mass is 16.5. The van der Waals surface area contributed by atoms with E-state index in [0.717, 1.165) is 11.3 Å². The average Bonchev–Trinajstić information content (AvgIpc) is 2.53. The number of hydrogen-bond donors (Lipinski definition) is 1. The van der Waals surface area contributed by atoms with E-state index in [1.54, 1.807) is 13.8 Å². The first kappa shape index (κ1) is 16.0. The number of esters is 1.